The lowest BCUT2D eigenvalue weighted by Gasteiger charge is -2.15. The van der Waals surface area contributed by atoms with E-state index in [4.69, 9.17) is 28.3 Å². The van der Waals surface area contributed by atoms with Crippen molar-refractivity contribution in [3.8, 4) is 0 Å². The van der Waals surface area contributed by atoms with Gasteiger partial charge in [-0.25, -0.2) is 9.59 Å². The van der Waals surface area contributed by atoms with Gasteiger partial charge in [0.15, 0.2) is 0 Å². The van der Waals surface area contributed by atoms with Crippen molar-refractivity contribution < 1.29 is 14.7 Å². The van der Waals surface area contributed by atoms with Gasteiger partial charge in [0.1, 0.15) is 6.04 Å². The van der Waals surface area contributed by atoms with Crippen LogP contribution in [0.3, 0.4) is 0 Å². The van der Waals surface area contributed by atoms with E-state index in [9.17, 15) is 9.59 Å². The molecule has 1 aromatic rings. The first-order valence-electron chi connectivity index (χ1n) is 5.68. The molecule has 0 fully saturated rings. The normalized spacial score (nSPS) is 11.8. The Bertz CT molecular complexity index is 500. The molecule has 5 nitrogen and oxygen atoms in total. The van der Waals surface area contributed by atoms with Crippen LogP contribution in [-0.4, -0.2) is 35.2 Å². The first-order chi connectivity index (χ1) is 9.43. The van der Waals surface area contributed by atoms with Gasteiger partial charge in [0.05, 0.1) is 10.7 Å². The minimum Gasteiger partial charge on any atom is -0.480 e. The first kappa shape index (κ1) is 16.9. The Morgan fingerprint density at radius 1 is 1.40 bits per heavy atom. The molecule has 0 heterocycles. The van der Waals surface area contributed by atoms with Crippen LogP contribution in [0.4, 0.5) is 10.5 Å². The molecule has 0 aliphatic heterocycles. The molecule has 1 rings (SSSR count). The Kier molecular flexibility index (Phi) is 6.98. The van der Waals surface area contributed by atoms with E-state index in [-0.39, 0.29) is 5.02 Å². The van der Waals surface area contributed by atoms with E-state index < -0.39 is 18.0 Å². The Balaban J connectivity index is 2.63. The molecule has 3 N–H and O–H groups in total. The fraction of sp³-hybridized carbons (Fsp3) is 0.333. The van der Waals surface area contributed by atoms with E-state index in [0.29, 0.717) is 22.9 Å². The molecule has 0 aliphatic carbocycles. The molecule has 8 heteroatoms. The highest BCUT2D eigenvalue weighted by Gasteiger charge is 2.19. The number of nitrogens with one attached hydrogen (secondary N) is 2. The lowest BCUT2D eigenvalue weighted by molar-refractivity contribution is -0.139. The number of amides is 2. The molecule has 110 valence electrons. The van der Waals surface area contributed by atoms with Crippen molar-refractivity contribution in [2.75, 3.05) is 17.3 Å². The number of rotatable bonds is 6. The summed E-state index contributed by atoms with van der Waals surface area (Å²) in [6.45, 7) is 0. The summed E-state index contributed by atoms with van der Waals surface area (Å²) in [6, 6.07) is 3.05. The number of urea groups is 1. The maximum Gasteiger partial charge on any atom is 0.326 e. The smallest absolute Gasteiger partial charge is 0.326 e. The van der Waals surface area contributed by atoms with E-state index in [0.717, 1.165) is 0 Å². The number of thioether (sulfide) groups is 1. The van der Waals surface area contributed by atoms with Crippen molar-refractivity contribution in [1.82, 2.24) is 5.32 Å². The second-order valence-corrected chi connectivity index (χ2v) is 5.72. The second kappa shape index (κ2) is 8.24. The third-order valence-corrected chi connectivity index (χ3v) is 3.59. The lowest BCUT2D eigenvalue weighted by atomic mass is 10.2. The third kappa shape index (κ3) is 5.48. The van der Waals surface area contributed by atoms with Crippen molar-refractivity contribution in [1.29, 1.82) is 0 Å². The predicted molar refractivity (Wildman–Crippen MR) is 83.0 cm³/mol. The van der Waals surface area contributed by atoms with E-state index in [1.807, 2.05) is 6.26 Å². The number of carboxylic acids is 1. The second-order valence-electron chi connectivity index (χ2n) is 3.89. The van der Waals surface area contributed by atoms with Gasteiger partial charge in [-0.1, -0.05) is 23.2 Å². The van der Waals surface area contributed by atoms with Gasteiger partial charge in [0.25, 0.3) is 0 Å². The number of aliphatic carboxylic acids is 1. The van der Waals surface area contributed by atoms with Crippen LogP contribution in [0.15, 0.2) is 18.2 Å². The minimum atomic E-state index is -1.07. The summed E-state index contributed by atoms with van der Waals surface area (Å²) in [7, 11) is 0. The zero-order valence-electron chi connectivity index (χ0n) is 10.7. The molecule has 0 radical (unpaired) electrons. The fourth-order valence-electron chi connectivity index (χ4n) is 1.40. The maximum atomic E-state index is 11.7. The van der Waals surface area contributed by atoms with Gasteiger partial charge in [-0.15, -0.1) is 0 Å². The van der Waals surface area contributed by atoms with Crippen LogP contribution in [0.5, 0.6) is 0 Å². The predicted octanol–water partition coefficient (Wildman–Crippen LogP) is 3.32. The molecule has 0 spiro atoms. The van der Waals surface area contributed by atoms with Gasteiger partial charge in [0.2, 0.25) is 0 Å². The molecular weight excluding hydrogens is 323 g/mol. The molecular formula is C12H14Cl2N2O3S. The molecule has 1 aromatic carbocycles. The minimum absolute atomic E-state index is 0.281. The van der Waals surface area contributed by atoms with Crippen molar-refractivity contribution in [2.24, 2.45) is 0 Å². The highest BCUT2D eigenvalue weighted by Crippen LogP contribution is 2.25. The summed E-state index contributed by atoms with van der Waals surface area (Å²) < 4.78 is 0. The lowest BCUT2D eigenvalue weighted by Crippen LogP contribution is -2.43. The summed E-state index contributed by atoms with van der Waals surface area (Å²) in [6.07, 6.45) is 2.21. The van der Waals surface area contributed by atoms with E-state index in [2.05, 4.69) is 10.6 Å². The fourth-order valence-corrected chi connectivity index (χ4v) is 2.33. The maximum absolute atomic E-state index is 11.7. The Hall–Kier alpha value is -1.11. The quantitative estimate of drug-likeness (QED) is 0.744. The van der Waals surface area contributed by atoms with Crippen LogP contribution in [0.2, 0.25) is 10.0 Å². The SMILES string of the molecule is CSCCC(NC(=O)Nc1ccc(Cl)cc1Cl)C(=O)O. The third-order valence-electron chi connectivity index (χ3n) is 2.39. The highest BCUT2D eigenvalue weighted by molar-refractivity contribution is 7.98. The van der Waals surface area contributed by atoms with Crippen molar-refractivity contribution in [2.45, 2.75) is 12.5 Å². The number of hydrogen-bond acceptors (Lipinski definition) is 3. The number of anilines is 1. The zero-order valence-corrected chi connectivity index (χ0v) is 13.0. The molecule has 0 saturated heterocycles. The molecule has 0 aromatic heterocycles. The molecule has 2 amide bonds. The summed E-state index contributed by atoms with van der Waals surface area (Å²) >= 11 is 13.2. The van der Waals surface area contributed by atoms with Crippen molar-refractivity contribution in [3.05, 3.63) is 28.2 Å². The molecule has 0 saturated carbocycles. The standard InChI is InChI=1S/C12H14Cl2N2O3S/c1-20-5-4-10(11(17)18)16-12(19)15-9-3-2-7(13)6-8(9)14/h2-3,6,10H,4-5H2,1H3,(H,17,18)(H2,15,16,19). The van der Waals surface area contributed by atoms with Crippen LogP contribution in [0, 0.1) is 0 Å². The van der Waals surface area contributed by atoms with Gasteiger partial charge in [-0.05, 0) is 36.6 Å². The zero-order chi connectivity index (χ0) is 15.1. The van der Waals surface area contributed by atoms with Gasteiger partial charge < -0.3 is 15.7 Å². The van der Waals surface area contributed by atoms with Crippen molar-refractivity contribution >= 4 is 52.7 Å². The molecule has 0 aliphatic rings. The van der Waals surface area contributed by atoms with Gasteiger partial charge in [0, 0.05) is 5.02 Å². The molecule has 1 unspecified atom stereocenters. The number of halogens is 2. The number of hydrogen-bond donors (Lipinski definition) is 3. The Labute approximate surface area is 131 Å². The largest absolute Gasteiger partial charge is 0.480 e. The average Bonchev–Trinajstić information content (AvgIpc) is 2.37. The van der Waals surface area contributed by atoms with Crippen molar-refractivity contribution in [3.63, 3.8) is 0 Å². The molecule has 1 atom stereocenters. The number of carboxylic acid groups (broad SMARTS) is 1. The Morgan fingerprint density at radius 3 is 2.65 bits per heavy atom. The molecule has 20 heavy (non-hydrogen) atoms. The van der Waals surface area contributed by atoms with Gasteiger partial charge in [-0.2, -0.15) is 11.8 Å². The van der Waals surface area contributed by atoms with E-state index in [1.165, 1.54) is 17.8 Å². The monoisotopic (exact) mass is 336 g/mol. The number of carbonyl (C=O) groups excluding carboxylic acids is 1. The summed E-state index contributed by atoms with van der Waals surface area (Å²) in [5.74, 6) is -0.435. The first-order valence-corrected chi connectivity index (χ1v) is 7.83. The van der Waals surface area contributed by atoms with Crippen LogP contribution in [0.25, 0.3) is 0 Å². The van der Waals surface area contributed by atoms with Crippen LogP contribution in [0.1, 0.15) is 6.42 Å². The van der Waals surface area contributed by atoms with E-state index in [1.54, 1.807) is 12.1 Å². The summed E-state index contributed by atoms with van der Waals surface area (Å²) in [5, 5.41) is 14.6. The topological polar surface area (TPSA) is 78.4 Å². The van der Waals surface area contributed by atoms with Gasteiger partial charge in [-0.3, -0.25) is 0 Å². The highest BCUT2D eigenvalue weighted by atomic mass is 35.5. The Morgan fingerprint density at radius 2 is 2.10 bits per heavy atom. The number of benzene rings is 1. The molecule has 0 bridgehead atoms. The van der Waals surface area contributed by atoms with Crippen LogP contribution >= 0.6 is 35.0 Å². The van der Waals surface area contributed by atoms with Crippen LogP contribution in [-0.2, 0) is 4.79 Å². The summed E-state index contributed by atoms with van der Waals surface area (Å²) in [5.41, 5.74) is 0.363. The average molecular weight is 337 g/mol. The van der Waals surface area contributed by atoms with Crippen LogP contribution < -0.4 is 10.6 Å². The summed E-state index contributed by atoms with van der Waals surface area (Å²) in [4.78, 5) is 22.8. The number of carbonyl (C=O) groups is 2. The van der Waals surface area contributed by atoms with E-state index >= 15 is 0 Å². The van der Waals surface area contributed by atoms with Gasteiger partial charge >= 0.3 is 12.0 Å².